The molecule has 0 bridgehead atoms. The van der Waals surface area contributed by atoms with E-state index >= 15 is 0 Å². The molecular formula is C16H31N3O2. The quantitative estimate of drug-likeness (QED) is 0.342. The number of carbonyl (C=O) groups is 1. The molecule has 0 spiro atoms. The monoisotopic (exact) mass is 297 g/mol. The zero-order valence-electron chi connectivity index (χ0n) is 13.9. The van der Waals surface area contributed by atoms with Crippen molar-refractivity contribution < 1.29 is 10.0 Å². The van der Waals surface area contributed by atoms with Crippen molar-refractivity contribution in [3.05, 3.63) is 0 Å². The highest BCUT2D eigenvalue weighted by Crippen LogP contribution is 2.28. The summed E-state index contributed by atoms with van der Waals surface area (Å²) in [4.78, 5) is 14.4. The molecule has 0 saturated heterocycles. The lowest BCUT2D eigenvalue weighted by atomic mass is 9.84. The largest absolute Gasteiger partial charge is 0.409 e. The molecule has 21 heavy (non-hydrogen) atoms. The fourth-order valence-corrected chi connectivity index (χ4v) is 3.38. The molecule has 3 N–H and O–H groups in total. The maximum absolute atomic E-state index is 12.6. The minimum absolute atomic E-state index is 0.110. The Morgan fingerprint density at radius 2 is 1.95 bits per heavy atom. The summed E-state index contributed by atoms with van der Waals surface area (Å²) in [5.41, 5.74) is 5.84. The van der Waals surface area contributed by atoms with Crippen molar-refractivity contribution in [1.82, 2.24) is 4.90 Å². The van der Waals surface area contributed by atoms with Gasteiger partial charge in [-0.25, -0.2) is 0 Å². The van der Waals surface area contributed by atoms with Crippen LogP contribution in [0, 0.1) is 11.3 Å². The molecule has 1 saturated carbocycles. The van der Waals surface area contributed by atoms with Crippen molar-refractivity contribution in [2.45, 2.75) is 72.3 Å². The summed E-state index contributed by atoms with van der Waals surface area (Å²) >= 11 is 0. The molecule has 1 aliphatic carbocycles. The van der Waals surface area contributed by atoms with Crippen LogP contribution in [0.2, 0.25) is 0 Å². The molecule has 0 aromatic heterocycles. The van der Waals surface area contributed by atoms with Crippen LogP contribution in [0.1, 0.15) is 66.2 Å². The Balaban J connectivity index is 2.66. The Kier molecular flexibility index (Phi) is 6.49. The standard InChI is InChI=1S/C16H31N3O2/c1-12(10-16(2,3)4)9-15(20)19(11-14(17)18-21)13-7-5-6-8-13/h12-13,21H,5-11H2,1-4H3,(H2,17,18). The van der Waals surface area contributed by atoms with Crippen LogP contribution in [0.5, 0.6) is 0 Å². The van der Waals surface area contributed by atoms with Gasteiger partial charge in [0.2, 0.25) is 5.91 Å². The highest BCUT2D eigenvalue weighted by atomic mass is 16.4. The summed E-state index contributed by atoms with van der Waals surface area (Å²) in [5, 5.41) is 11.8. The summed E-state index contributed by atoms with van der Waals surface area (Å²) in [7, 11) is 0. The summed E-state index contributed by atoms with van der Waals surface area (Å²) in [6.45, 7) is 8.94. The molecule has 0 aromatic carbocycles. The lowest BCUT2D eigenvalue weighted by molar-refractivity contribution is -0.133. The predicted molar refractivity (Wildman–Crippen MR) is 85.2 cm³/mol. The van der Waals surface area contributed by atoms with Crippen molar-refractivity contribution in [3.8, 4) is 0 Å². The number of nitrogens with two attached hydrogens (primary N) is 1. The molecule has 1 amide bonds. The molecule has 0 aliphatic heterocycles. The number of hydrogen-bond donors (Lipinski definition) is 2. The van der Waals surface area contributed by atoms with Gasteiger partial charge in [-0.2, -0.15) is 0 Å². The van der Waals surface area contributed by atoms with Crippen LogP contribution in [0.4, 0.5) is 0 Å². The van der Waals surface area contributed by atoms with Gasteiger partial charge in [-0.05, 0) is 30.6 Å². The number of oxime groups is 1. The molecule has 1 atom stereocenters. The summed E-state index contributed by atoms with van der Waals surface area (Å²) in [6.07, 6.45) is 5.91. The second-order valence-corrected chi connectivity index (χ2v) is 7.63. The number of amides is 1. The lowest BCUT2D eigenvalue weighted by Gasteiger charge is -2.30. The van der Waals surface area contributed by atoms with Gasteiger partial charge in [0.05, 0.1) is 6.54 Å². The lowest BCUT2D eigenvalue weighted by Crippen LogP contribution is -2.44. The molecule has 0 radical (unpaired) electrons. The summed E-state index contributed by atoms with van der Waals surface area (Å²) in [6, 6.07) is 0.250. The molecule has 5 heteroatoms. The van der Waals surface area contributed by atoms with E-state index in [0.29, 0.717) is 12.3 Å². The van der Waals surface area contributed by atoms with Gasteiger partial charge < -0.3 is 15.8 Å². The topological polar surface area (TPSA) is 78.9 Å². The summed E-state index contributed by atoms with van der Waals surface area (Å²) < 4.78 is 0. The average molecular weight is 297 g/mol. The molecule has 0 aromatic rings. The first kappa shape index (κ1) is 17.8. The zero-order valence-corrected chi connectivity index (χ0v) is 13.9. The zero-order chi connectivity index (χ0) is 16.0. The van der Waals surface area contributed by atoms with Crippen LogP contribution in [-0.2, 0) is 4.79 Å². The molecular weight excluding hydrogens is 266 g/mol. The van der Waals surface area contributed by atoms with E-state index in [2.05, 4.69) is 32.9 Å². The van der Waals surface area contributed by atoms with Crippen LogP contribution >= 0.6 is 0 Å². The van der Waals surface area contributed by atoms with E-state index in [1.54, 1.807) is 0 Å². The van der Waals surface area contributed by atoms with Gasteiger partial charge in [-0.3, -0.25) is 4.79 Å². The van der Waals surface area contributed by atoms with Gasteiger partial charge in [-0.15, -0.1) is 0 Å². The van der Waals surface area contributed by atoms with E-state index in [1.807, 2.05) is 4.90 Å². The number of amidine groups is 1. The maximum atomic E-state index is 12.6. The Hall–Kier alpha value is -1.26. The summed E-state index contributed by atoms with van der Waals surface area (Å²) in [5.74, 6) is 0.581. The van der Waals surface area contributed by atoms with Crippen LogP contribution in [0.25, 0.3) is 0 Å². The van der Waals surface area contributed by atoms with Gasteiger partial charge in [0.25, 0.3) is 0 Å². The first-order chi connectivity index (χ1) is 9.73. The Morgan fingerprint density at radius 1 is 1.38 bits per heavy atom. The second-order valence-electron chi connectivity index (χ2n) is 7.63. The predicted octanol–water partition coefficient (Wildman–Crippen LogP) is 2.97. The van der Waals surface area contributed by atoms with Crippen LogP contribution < -0.4 is 5.73 Å². The molecule has 1 fully saturated rings. The van der Waals surface area contributed by atoms with Gasteiger partial charge in [0.1, 0.15) is 0 Å². The van der Waals surface area contributed by atoms with E-state index in [9.17, 15) is 4.79 Å². The van der Waals surface area contributed by atoms with Crippen LogP contribution in [-0.4, -0.2) is 34.4 Å². The highest BCUT2D eigenvalue weighted by molar-refractivity contribution is 5.87. The average Bonchev–Trinajstić information content (AvgIpc) is 2.86. The number of rotatable bonds is 6. The van der Waals surface area contributed by atoms with Crippen molar-refractivity contribution in [1.29, 1.82) is 0 Å². The van der Waals surface area contributed by atoms with Crippen molar-refractivity contribution in [3.63, 3.8) is 0 Å². The third-order valence-electron chi connectivity index (χ3n) is 4.03. The van der Waals surface area contributed by atoms with Gasteiger partial charge in [-0.1, -0.05) is 45.7 Å². The fourth-order valence-electron chi connectivity index (χ4n) is 3.38. The second kappa shape index (κ2) is 7.66. The fraction of sp³-hybridized carbons (Fsp3) is 0.875. The van der Waals surface area contributed by atoms with Crippen molar-refractivity contribution in [2.24, 2.45) is 22.2 Å². The number of nitrogens with zero attached hydrogens (tertiary/aromatic N) is 2. The molecule has 5 nitrogen and oxygen atoms in total. The normalized spacial score (nSPS) is 18.8. The Labute approximate surface area is 128 Å². The van der Waals surface area contributed by atoms with E-state index in [1.165, 1.54) is 0 Å². The third kappa shape index (κ3) is 6.36. The van der Waals surface area contributed by atoms with E-state index in [-0.39, 0.29) is 29.7 Å². The van der Waals surface area contributed by atoms with E-state index in [0.717, 1.165) is 32.1 Å². The van der Waals surface area contributed by atoms with Crippen molar-refractivity contribution in [2.75, 3.05) is 6.54 Å². The molecule has 1 unspecified atom stereocenters. The first-order valence-electron chi connectivity index (χ1n) is 7.99. The van der Waals surface area contributed by atoms with E-state index in [4.69, 9.17) is 10.9 Å². The van der Waals surface area contributed by atoms with Gasteiger partial charge >= 0.3 is 0 Å². The Morgan fingerprint density at radius 3 is 2.43 bits per heavy atom. The van der Waals surface area contributed by atoms with Gasteiger partial charge in [0, 0.05) is 12.5 Å². The molecule has 122 valence electrons. The van der Waals surface area contributed by atoms with Crippen LogP contribution in [0.3, 0.4) is 0 Å². The third-order valence-corrected chi connectivity index (χ3v) is 4.03. The number of hydrogen-bond acceptors (Lipinski definition) is 3. The molecule has 1 rings (SSSR count). The maximum Gasteiger partial charge on any atom is 0.223 e. The minimum atomic E-state index is 0.110. The highest BCUT2D eigenvalue weighted by Gasteiger charge is 2.29. The van der Waals surface area contributed by atoms with Gasteiger partial charge in [0.15, 0.2) is 5.84 Å². The first-order valence-corrected chi connectivity index (χ1v) is 7.99. The van der Waals surface area contributed by atoms with Crippen molar-refractivity contribution >= 4 is 11.7 Å². The SMILES string of the molecule is CC(CC(=O)N(CC(N)=NO)C1CCCC1)CC(C)(C)C. The van der Waals surface area contributed by atoms with E-state index < -0.39 is 0 Å². The minimum Gasteiger partial charge on any atom is -0.409 e. The Bertz CT molecular complexity index is 368. The molecule has 1 aliphatic rings. The molecule has 0 heterocycles. The smallest absolute Gasteiger partial charge is 0.223 e. The van der Waals surface area contributed by atoms with Crippen LogP contribution in [0.15, 0.2) is 5.16 Å². The number of carbonyl (C=O) groups excluding carboxylic acids is 1.